The van der Waals surface area contributed by atoms with Crippen molar-refractivity contribution in [2.45, 2.75) is 46.1 Å². The highest BCUT2D eigenvalue weighted by Gasteiger charge is 2.09. The van der Waals surface area contributed by atoms with Crippen LogP contribution in [0.25, 0.3) is 0 Å². The molecule has 0 spiro atoms. The molecule has 1 atom stereocenters. The molecule has 0 aromatic carbocycles. The molecule has 0 fully saturated rings. The van der Waals surface area contributed by atoms with Gasteiger partial charge in [0, 0.05) is 31.1 Å². The van der Waals surface area contributed by atoms with E-state index in [1.807, 2.05) is 6.07 Å². The number of anilines is 2. The van der Waals surface area contributed by atoms with Gasteiger partial charge in [0.15, 0.2) is 0 Å². The molecule has 6 heteroatoms. The molecule has 0 aliphatic rings. The average Bonchev–Trinajstić information content (AvgIpc) is 2.45. The number of hydrazine groups is 1. The van der Waals surface area contributed by atoms with Gasteiger partial charge in [-0.25, -0.2) is 15.8 Å². The summed E-state index contributed by atoms with van der Waals surface area (Å²) in [7, 11) is 2.14. The van der Waals surface area contributed by atoms with Crippen LogP contribution in [0.4, 0.5) is 11.6 Å². The summed E-state index contributed by atoms with van der Waals surface area (Å²) in [6, 6.07) is 2.42. The maximum atomic E-state index is 5.45. The van der Waals surface area contributed by atoms with Crippen molar-refractivity contribution in [2.75, 3.05) is 30.9 Å². The van der Waals surface area contributed by atoms with Crippen molar-refractivity contribution in [1.29, 1.82) is 0 Å². The van der Waals surface area contributed by atoms with Crippen molar-refractivity contribution >= 4 is 11.6 Å². The van der Waals surface area contributed by atoms with Crippen molar-refractivity contribution < 1.29 is 0 Å². The quantitative estimate of drug-likeness (QED) is 0.499. The van der Waals surface area contributed by atoms with Crippen molar-refractivity contribution in [1.82, 2.24) is 14.9 Å². The van der Waals surface area contributed by atoms with E-state index >= 15 is 0 Å². The van der Waals surface area contributed by atoms with Crippen LogP contribution in [0.1, 0.15) is 45.9 Å². The molecule has 0 radical (unpaired) electrons. The van der Waals surface area contributed by atoms with Crippen LogP contribution in [-0.4, -0.2) is 41.0 Å². The molecular formula is C14H28N6. The van der Waals surface area contributed by atoms with Crippen LogP contribution < -0.4 is 16.6 Å². The number of nitrogens with zero attached hydrogens (tertiary/aromatic N) is 3. The van der Waals surface area contributed by atoms with Gasteiger partial charge in [0.25, 0.3) is 0 Å². The number of rotatable bonds is 8. The predicted molar refractivity (Wildman–Crippen MR) is 84.8 cm³/mol. The highest BCUT2D eigenvalue weighted by atomic mass is 15.3. The normalized spacial score (nSPS) is 12.8. The van der Waals surface area contributed by atoms with Crippen LogP contribution in [0.15, 0.2) is 6.07 Å². The summed E-state index contributed by atoms with van der Waals surface area (Å²) in [5.74, 6) is 7.96. The fourth-order valence-corrected chi connectivity index (χ4v) is 1.78. The first-order valence-electron chi connectivity index (χ1n) is 7.27. The zero-order valence-corrected chi connectivity index (χ0v) is 13.3. The third kappa shape index (κ3) is 4.94. The standard InChI is InChI=1S/C14H28N6/c1-6-11(4)20(5)8-7-16-12-9-13(19-15)18-14(17-12)10(2)3/h9-11H,6-8,15H2,1-5H3,(H2,16,17,18,19). The van der Waals surface area contributed by atoms with Gasteiger partial charge in [-0.2, -0.15) is 0 Å². The zero-order valence-electron chi connectivity index (χ0n) is 13.3. The van der Waals surface area contributed by atoms with Crippen LogP contribution in [-0.2, 0) is 0 Å². The summed E-state index contributed by atoms with van der Waals surface area (Å²) in [6.07, 6.45) is 1.16. The monoisotopic (exact) mass is 280 g/mol. The molecule has 0 bridgehead atoms. The minimum Gasteiger partial charge on any atom is -0.369 e. The van der Waals surface area contributed by atoms with Crippen molar-refractivity contribution in [3.05, 3.63) is 11.9 Å². The SMILES string of the molecule is CCC(C)N(C)CCNc1cc(NN)nc(C(C)C)n1. The summed E-state index contributed by atoms with van der Waals surface area (Å²) in [5, 5.41) is 3.34. The molecule has 114 valence electrons. The van der Waals surface area contributed by atoms with E-state index in [4.69, 9.17) is 5.84 Å². The highest BCUT2D eigenvalue weighted by Crippen LogP contribution is 2.16. The summed E-state index contributed by atoms with van der Waals surface area (Å²) >= 11 is 0. The Bertz CT molecular complexity index is 407. The Hall–Kier alpha value is -1.40. The Kier molecular flexibility index (Phi) is 6.67. The molecule has 1 aromatic rings. The summed E-state index contributed by atoms with van der Waals surface area (Å²) in [4.78, 5) is 11.2. The number of hydrogen-bond acceptors (Lipinski definition) is 6. The van der Waals surface area contributed by atoms with E-state index in [1.165, 1.54) is 0 Å². The topological polar surface area (TPSA) is 79.1 Å². The number of aromatic nitrogens is 2. The van der Waals surface area contributed by atoms with E-state index in [1.54, 1.807) is 0 Å². The van der Waals surface area contributed by atoms with E-state index in [9.17, 15) is 0 Å². The van der Waals surface area contributed by atoms with Crippen molar-refractivity contribution in [3.8, 4) is 0 Å². The zero-order chi connectivity index (χ0) is 15.1. The van der Waals surface area contributed by atoms with Gasteiger partial charge in [0.2, 0.25) is 0 Å². The van der Waals surface area contributed by atoms with Crippen molar-refractivity contribution in [3.63, 3.8) is 0 Å². The molecule has 1 heterocycles. The summed E-state index contributed by atoms with van der Waals surface area (Å²) in [6.45, 7) is 10.4. The van der Waals surface area contributed by atoms with Gasteiger partial charge in [-0.05, 0) is 20.4 Å². The van der Waals surface area contributed by atoms with Gasteiger partial charge >= 0.3 is 0 Å². The maximum absolute atomic E-state index is 5.45. The number of nitrogens with one attached hydrogen (secondary N) is 2. The number of nitrogen functional groups attached to an aromatic ring is 1. The molecule has 1 rings (SSSR count). The van der Waals surface area contributed by atoms with Crippen LogP contribution >= 0.6 is 0 Å². The van der Waals surface area contributed by atoms with Crippen molar-refractivity contribution in [2.24, 2.45) is 5.84 Å². The Balaban J connectivity index is 2.61. The van der Waals surface area contributed by atoms with E-state index in [0.717, 1.165) is 31.2 Å². The molecule has 6 nitrogen and oxygen atoms in total. The molecule has 0 aliphatic carbocycles. The van der Waals surface area contributed by atoms with Gasteiger partial charge in [-0.1, -0.05) is 20.8 Å². The second-order valence-corrected chi connectivity index (χ2v) is 5.46. The third-order valence-electron chi connectivity index (χ3n) is 3.52. The lowest BCUT2D eigenvalue weighted by molar-refractivity contribution is 0.261. The lowest BCUT2D eigenvalue weighted by Gasteiger charge is -2.23. The number of hydrogen-bond donors (Lipinski definition) is 3. The van der Waals surface area contributed by atoms with Gasteiger partial charge in [-0.15, -0.1) is 0 Å². The number of nitrogens with two attached hydrogens (primary N) is 1. The molecule has 0 saturated carbocycles. The van der Waals surface area contributed by atoms with Crippen LogP contribution in [0, 0.1) is 0 Å². The second-order valence-electron chi connectivity index (χ2n) is 5.46. The Morgan fingerprint density at radius 2 is 1.90 bits per heavy atom. The molecule has 1 aromatic heterocycles. The molecule has 0 aliphatic heterocycles. The lowest BCUT2D eigenvalue weighted by atomic mass is 10.2. The molecule has 0 amide bonds. The van der Waals surface area contributed by atoms with Crippen LogP contribution in [0.5, 0.6) is 0 Å². The Morgan fingerprint density at radius 1 is 1.25 bits per heavy atom. The second kappa shape index (κ2) is 8.01. The minimum atomic E-state index is 0.270. The first kappa shape index (κ1) is 16.7. The predicted octanol–water partition coefficient (Wildman–Crippen LogP) is 2.03. The van der Waals surface area contributed by atoms with Gasteiger partial charge in [0.05, 0.1) is 0 Å². The molecule has 4 N–H and O–H groups in total. The first-order chi connectivity index (χ1) is 9.47. The van der Waals surface area contributed by atoms with E-state index in [2.05, 4.69) is 60.4 Å². The summed E-state index contributed by atoms with van der Waals surface area (Å²) < 4.78 is 0. The molecule has 0 saturated heterocycles. The van der Waals surface area contributed by atoms with Gasteiger partial charge < -0.3 is 15.6 Å². The highest BCUT2D eigenvalue weighted by molar-refractivity contribution is 5.47. The fourth-order valence-electron chi connectivity index (χ4n) is 1.78. The summed E-state index contributed by atoms with van der Waals surface area (Å²) in [5.41, 5.74) is 2.59. The van der Waals surface area contributed by atoms with Crippen LogP contribution in [0.3, 0.4) is 0 Å². The third-order valence-corrected chi connectivity index (χ3v) is 3.52. The maximum Gasteiger partial charge on any atom is 0.145 e. The Morgan fingerprint density at radius 3 is 2.45 bits per heavy atom. The number of likely N-dealkylation sites (N-methyl/N-ethyl adjacent to an activating group) is 1. The Labute approximate surface area is 122 Å². The molecule has 1 unspecified atom stereocenters. The largest absolute Gasteiger partial charge is 0.369 e. The lowest BCUT2D eigenvalue weighted by Crippen LogP contribution is -2.32. The minimum absolute atomic E-state index is 0.270. The smallest absolute Gasteiger partial charge is 0.145 e. The molecule has 20 heavy (non-hydrogen) atoms. The average molecular weight is 280 g/mol. The first-order valence-corrected chi connectivity index (χ1v) is 7.27. The van der Waals surface area contributed by atoms with Gasteiger partial charge in [0.1, 0.15) is 17.5 Å². The van der Waals surface area contributed by atoms with Gasteiger partial charge in [-0.3, -0.25) is 0 Å². The van der Waals surface area contributed by atoms with Crippen LogP contribution in [0.2, 0.25) is 0 Å². The van der Waals surface area contributed by atoms with E-state index in [0.29, 0.717) is 11.9 Å². The van der Waals surface area contributed by atoms with E-state index < -0.39 is 0 Å². The van der Waals surface area contributed by atoms with E-state index in [-0.39, 0.29) is 5.92 Å². The molecular weight excluding hydrogens is 252 g/mol. The fraction of sp³-hybridized carbons (Fsp3) is 0.714.